The first-order chi connectivity index (χ1) is 17.1. The van der Waals surface area contributed by atoms with Gasteiger partial charge in [0.25, 0.3) is 0 Å². The summed E-state index contributed by atoms with van der Waals surface area (Å²) in [5, 5.41) is 0.701. The van der Waals surface area contributed by atoms with Gasteiger partial charge >= 0.3 is 6.09 Å². The Labute approximate surface area is 211 Å². The summed E-state index contributed by atoms with van der Waals surface area (Å²) < 4.78 is 32.9. The lowest BCUT2D eigenvalue weighted by Gasteiger charge is -2.33. The van der Waals surface area contributed by atoms with E-state index in [4.69, 9.17) is 24.9 Å². The molecule has 2 aromatic carbocycles. The second kappa shape index (κ2) is 8.85. The molecule has 2 atom stereocenters. The van der Waals surface area contributed by atoms with Crippen LogP contribution in [-0.2, 0) is 11.2 Å². The molecule has 0 saturated carbocycles. The van der Waals surface area contributed by atoms with Gasteiger partial charge in [0.1, 0.15) is 16.7 Å². The SMILES string of the molecule is COc1cnc2c(-c3nc4cc(F)c5c(c4s3)CC(C)([C@H](CC(C)C)OC(N)=O)O5)cc(C)cc2n1. The van der Waals surface area contributed by atoms with E-state index in [0.717, 1.165) is 15.8 Å². The van der Waals surface area contributed by atoms with E-state index in [1.54, 1.807) is 13.3 Å². The quantitative estimate of drug-likeness (QED) is 0.361. The lowest BCUT2D eigenvalue weighted by atomic mass is 9.88. The fourth-order valence-electron chi connectivity index (χ4n) is 4.76. The molecule has 0 aliphatic carbocycles. The number of aryl methyl sites for hydroxylation is 1. The minimum atomic E-state index is -0.959. The van der Waals surface area contributed by atoms with E-state index in [9.17, 15) is 4.79 Å². The molecule has 0 spiro atoms. The third-order valence-corrected chi connectivity index (χ3v) is 7.54. The Balaban J connectivity index is 1.61. The van der Waals surface area contributed by atoms with Crippen LogP contribution >= 0.6 is 11.3 Å². The minimum Gasteiger partial charge on any atom is -0.480 e. The van der Waals surface area contributed by atoms with Gasteiger partial charge in [0.15, 0.2) is 11.6 Å². The van der Waals surface area contributed by atoms with Crippen LogP contribution in [0.25, 0.3) is 31.8 Å². The van der Waals surface area contributed by atoms with Crippen LogP contribution in [-0.4, -0.2) is 39.9 Å². The van der Waals surface area contributed by atoms with Gasteiger partial charge in [-0.15, -0.1) is 11.3 Å². The summed E-state index contributed by atoms with van der Waals surface area (Å²) in [5.41, 5.74) is 8.81. The van der Waals surface area contributed by atoms with E-state index < -0.39 is 23.6 Å². The van der Waals surface area contributed by atoms with Gasteiger partial charge in [0.05, 0.1) is 34.6 Å². The third kappa shape index (κ3) is 4.19. The molecule has 4 aromatic rings. The number of hydrogen-bond acceptors (Lipinski definition) is 8. The smallest absolute Gasteiger partial charge is 0.404 e. The molecular formula is C26H27FN4O4S. The van der Waals surface area contributed by atoms with Gasteiger partial charge < -0.3 is 19.9 Å². The number of carbonyl (C=O) groups excluding carboxylic acids is 1. The lowest BCUT2D eigenvalue weighted by Crippen LogP contribution is -2.47. The zero-order chi connectivity index (χ0) is 25.8. The van der Waals surface area contributed by atoms with Crippen molar-refractivity contribution in [1.82, 2.24) is 15.0 Å². The molecule has 0 radical (unpaired) electrons. The van der Waals surface area contributed by atoms with E-state index >= 15 is 4.39 Å². The Morgan fingerprint density at radius 2 is 2.06 bits per heavy atom. The van der Waals surface area contributed by atoms with E-state index in [1.807, 2.05) is 39.8 Å². The van der Waals surface area contributed by atoms with Crippen molar-refractivity contribution in [1.29, 1.82) is 0 Å². The Bertz CT molecular complexity index is 1500. The van der Waals surface area contributed by atoms with E-state index in [1.165, 1.54) is 17.4 Å². The van der Waals surface area contributed by atoms with Crippen LogP contribution in [0.4, 0.5) is 9.18 Å². The van der Waals surface area contributed by atoms with Crippen LogP contribution in [0.2, 0.25) is 0 Å². The van der Waals surface area contributed by atoms with E-state index in [0.29, 0.717) is 45.8 Å². The van der Waals surface area contributed by atoms with Crippen LogP contribution < -0.4 is 15.2 Å². The largest absolute Gasteiger partial charge is 0.480 e. The molecule has 10 heteroatoms. The van der Waals surface area contributed by atoms with Crippen molar-refractivity contribution in [2.45, 2.75) is 52.2 Å². The number of nitrogens with zero attached hydrogens (tertiary/aromatic N) is 3. The number of thiazole rings is 1. The van der Waals surface area contributed by atoms with Crippen molar-refractivity contribution in [3.8, 4) is 22.2 Å². The average Bonchev–Trinajstić information content (AvgIpc) is 3.39. The van der Waals surface area contributed by atoms with Gasteiger partial charge in [0.2, 0.25) is 5.88 Å². The van der Waals surface area contributed by atoms with Crippen molar-refractivity contribution < 1.29 is 23.4 Å². The number of primary amides is 1. The maximum Gasteiger partial charge on any atom is 0.404 e. The van der Waals surface area contributed by atoms with Crippen LogP contribution in [0.5, 0.6) is 11.6 Å². The van der Waals surface area contributed by atoms with Crippen LogP contribution in [0, 0.1) is 18.7 Å². The highest BCUT2D eigenvalue weighted by Gasteiger charge is 2.46. The summed E-state index contributed by atoms with van der Waals surface area (Å²) in [5.74, 6) is 0.307. The molecule has 1 unspecified atom stereocenters. The minimum absolute atomic E-state index is 0.167. The number of benzene rings is 2. The van der Waals surface area contributed by atoms with Crippen molar-refractivity contribution >= 4 is 38.7 Å². The zero-order valence-corrected chi connectivity index (χ0v) is 21.5. The number of methoxy groups -OCH3 is 1. The van der Waals surface area contributed by atoms with E-state index in [-0.39, 0.29) is 11.7 Å². The van der Waals surface area contributed by atoms with Crippen molar-refractivity contribution in [2.75, 3.05) is 7.11 Å². The normalized spacial score (nSPS) is 17.9. The molecule has 0 bridgehead atoms. The summed E-state index contributed by atoms with van der Waals surface area (Å²) in [6, 6.07) is 5.32. The van der Waals surface area contributed by atoms with Crippen molar-refractivity contribution in [3.63, 3.8) is 0 Å². The second-order valence-corrected chi connectivity index (χ2v) is 10.8. The average molecular weight is 511 g/mol. The topological polar surface area (TPSA) is 109 Å². The fourth-order valence-corrected chi connectivity index (χ4v) is 5.86. The molecule has 3 heterocycles. The molecule has 1 aliphatic heterocycles. The Kier molecular flexibility index (Phi) is 5.94. The van der Waals surface area contributed by atoms with Crippen molar-refractivity contribution in [2.24, 2.45) is 11.7 Å². The molecule has 0 fully saturated rings. The van der Waals surface area contributed by atoms with Gasteiger partial charge in [-0.25, -0.2) is 24.1 Å². The van der Waals surface area contributed by atoms with Gasteiger partial charge in [0, 0.05) is 23.6 Å². The standard InChI is InChI=1S/C26H27FN4O4S/c1-12(2)6-19(34-25(28)32)26(4)10-15-22(35-26)16(27)9-18-23(15)36-24(31-18)14-7-13(3)8-17-21(14)29-11-20(30-17)33-5/h7-9,11-12,19H,6,10H2,1-5H3,(H2,28,32)/t19-,26?/m0/s1. The Morgan fingerprint density at radius 1 is 1.28 bits per heavy atom. The third-order valence-electron chi connectivity index (χ3n) is 6.38. The summed E-state index contributed by atoms with van der Waals surface area (Å²) >= 11 is 1.45. The lowest BCUT2D eigenvalue weighted by molar-refractivity contribution is -0.0444. The predicted molar refractivity (Wildman–Crippen MR) is 136 cm³/mol. The number of ether oxygens (including phenoxy) is 3. The first-order valence-corrected chi connectivity index (χ1v) is 12.5. The second-order valence-electron chi connectivity index (χ2n) is 9.77. The molecule has 1 amide bonds. The molecule has 5 rings (SSSR count). The molecule has 1 aliphatic rings. The number of amides is 1. The summed E-state index contributed by atoms with van der Waals surface area (Å²) in [7, 11) is 1.55. The van der Waals surface area contributed by atoms with Gasteiger partial charge in [-0.2, -0.15) is 0 Å². The number of carbonyl (C=O) groups is 1. The van der Waals surface area contributed by atoms with Gasteiger partial charge in [-0.3, -0.25) is 0 Å². The highest BCUT2D eigenvalue weighted by Crippen LogP contribution is 2.47. The first kappa shape index (κ1) is 24.2. The summed E-state index contributed by atoms with van der Waals surface area (Å²) in [4.78, 5) is 25.4. The predicted octanol–water partition coefficient (Wildman–Crippen LogP) is 5.57. The van der Waals surface area contributed by atoms with Crippen LogP contribution in [0.1, 0.15) is 38.3 Å². The van der Waals surface area contributed by atoms with Crippen molar-refractivity contribution in [3.05, 3.63) is 41.3 Å². The molecule has 36 heavy (non-hydrogen) atoms. The highest BCUT2D eigenvalue weighted by molar-refractivity contribution is 7.22. The number of halogens is 1. The Morgan fingerprint density at radius 3 is 2.75 bits per heavy atom. The molecule has 0 saturated heterocycles. The molecule has 8 nitrogen and oxygen atoms in total. The number of fused-ring (bicyclic) bond motifs is 4. The van der Waals surface area contributed by atoms with E-state index in [2.05, 4.69) is 9.97 Å². The van der Waals surface area contributed by atoms with Crippen LogP contribution in [0.15, 0.2) is 24.4 Å². The zero-order valence-electron chi connectivity index (χ0n) is 20.7. The monoisotopic (exact) mass is 510 g/mol. The summed E-state index contributed by atoms with van der Waals surface area (Å²) in [6.07, 6.45) is 0.947. The number of hydrogen-bond donors (Lipinski definition) is 1. The molecule has 188 valence electrons. The van der Waals surface area contributed by atoms with Crippen LogP contribution in [0.3, 0.4) is 0 Å². The fraction of sp³-hybridized carbons (Fsp3) is 0.385. The Hall–Kier alpha value is -3.53. The number of nitrogens with two attached hydrogens (primary N) is 1. The maximum atomic E-state index is 15.2. The summed E-state index contributed by atoms with van der Waals surface area (Å²) in [6.45, 7) is 7.83. The van der Waals surface area contributed by atoms with Gasteiger partial charge in [-0.05, 0) is 43.9 Å². The highest BCUT2D eigenvalue weighted by atomic mass is 32.1. The molecule has 2 aromatic heterocycles. The number of rotatable bonds is 6. The van der Waals surface area contributed by atoms with Gasteiger partial charge in [-0.1, -0.05) is 13.8 Å². The first-order valence-electron chi connectivity index (χ1n) is 11.7. The molecular weight excluding hydrogens is 483 g/mol. The number of aromatic nitrogens is 3. The maximum absolute atomic E-state index is 15.2. The molecule has 2 N–H and O–H groups in total.